The van der Waals surface area contributed by atoms with E-state index in [1.807, 2.05) is 5.32 Å². The fourth-order valence-corrected chi connectivity index (χ4v) is 1.14. The maximum absolute atomic E-state index is 11.2. The van der Waals surface area contributed by atoms with Gasteiger partial charge in [0.15, 0.2) is 0 Å². The molecule has 0 aliphatic rings. The van der Waals surface area contributed by atoms with Crippen LogP contribution in [0.3, 0.4) is 0 Å². The van der Waals surface area contributed by atoms with E-state index in [1.165, 1.54) is 0 Å². The van der Waals surface area contributed by atoms with Crippen LogP contribution < -0.4 is 10.6 Å². The lowest BCUT2D eigenvalue weighted by molar-refractivity contribution is -0.140. The van der Waals surface area contributed by atoms with Crippen molar-refractivity contribution in [1.82, 2.24) is 10.6 Å². The van der Waals surface area contributed by atoms with Gasteiger partial charge in [0.1, 0.15) is 6.04 Å². The van der Waals surface area contributed by atoms with Crippen LogP contribution in [0, 0.1) is 5.92 Å². The van der Waals surface area contributed by atoms with Gasteiger partial charge >= 0.3 is 12.1 Å². The van der Waals surface area contributed by atoms with Gasteiger partial charge < -0.3 is 9.84 Å². The Morgan fingerprint density at radius 2 is 1.88 bits per heavy atom. The van der Waals surface area contributed by atoms with Crippen LogP contribution in [0.2, 0.25) is 0 Å². The first kappa shape index (κ1) is 15.4. The zero-order valence-electron chi connectivity index (χ0n) is 10.1. The van der Waals surface area contributed by atoms with E-state index in [0.29, 0.717) is 0 Å². The molecule has 0 saturated carbocycles. The third-order valence-corrected chi connectivity index (χ3v) is 1.93. The molecule has 0 aliphatic carbocycles. The van der Waals surface area contributed by atoms with E-state index < -0.39 is 24.0 Å². The Bertz CT molecular complexity index is 290. The zero-order chi connectivity index (χ0) is 13.4. The number of hydrogen-bond donors (Lipinski definition) is 3. The van der Waals surface area contributed by atoms with Gasteiger partial charge in [0, 0.05) is 0 Å². The van der Waals surface area contributed by atoms with Crippen molar-refractivity contribution in [2.24, 2.45) is 5.92 Å². The van der Waals surface area contributed by atoms with Crippen molar-refractivity contribution in [3.05, 3.63) is 0 Å². The number of imide groups is 1. The molecule has 0 saturated heterocycles. The summed E-state index contributed by atoms with van der Waals surface area (Å²) in [5.74, 6) is -1.83. The van der Waals surface area contributed by atoms with E-state index in [0.717, 1.165) is 0 Å². The van der Waals surface area contributed by atoms with Crippen LogP contribution >= 0.6 is 0 Å². The third-order valence-electron chi connectivity index (χ3n) is 1.93. The summed E-state index contributed by atoms with van der Waals surface area (Å²) in [6.45, 7) is 4.95. The van der Waals surface area contributed by atoms with Crippen molar-refractivity contribution in [2.45, 2.75) is 26.8 Å². The van der Waals surface area contributed by atoms with E-state index in [-0.39, 0.29) is 19.1 Å². The molecule has 0 radical (unpaired) electrons. The highest BCUT2D eigenvalue weighted by atomic mass is 16.5. The normalized spacial score (nSPS) is 12.0. The molecule has 0 bridgehead atoms. The highest BCUT2D eigenvalue weighted by molar-refractivity contribution is 5.93. The predicted octanol–water partition coefficient (Wildman–Crippen LogP) is -0.0421. The van der Waals surface area contributed by atoms with Crippen molar-refractivity contribution < 1.29 is 24.2 Å². The number of hydrogen-bond acceptors (Lipinski definition) is 5. The minimum atomic E-state index is -1.04. The number of alkyl carbamates (subject to hydrolysis) is 1. The molecule has 17 heavy (non-hydrogen) atoms. The number of rotatable bonds is 6. The van der Waals surface area contributed by atoms with Crippen molar-refractivity contribution in [3.63, 3.8) is 0 Å². The molecule has 0 aromatic heterocycles. The molecule has 1 unspecified atom stereocenters. The van der Waals surface area contributed by atoms with Crippen molar-refractivity contribution in [2.75, 3.05) is 13.2 Å². The first-order chi connectivity index (χ1) is 7.88. The maximum atomic E-state index is 11.2. The van der Waals surface area contributed by atoms with Crippen LogP contribution in [-0.2, 0) is 14.3 Å². The van der Waals surface area contributed by atoms with E-state index in [1.54, 1.807) is 20.8 Å². The largest absolute Gasteiger partial charge is 0.480 e. The topological polar surface area (TPSA) is 105 Å². The fourth-order valence-electron chi connectivity index (χ4n) is 1.14. The summed E-state index contributed by atoms with van der Waals surface area (Å²) in [7, 11) is 0. The van der Waals surface area contributed by atoms with Gasteiger partial charge in [-0.2, -0.15) is 0 Å². The monoisotopic (exact) mass is 246 g/mol. The highest BCUT2D eigenvalue weighted by Gasteiger charge is 2.21. The van der Waals surface area contributed by atoms with E-state index in [9.17, 15) is 14.4 Å². The van der Waals surface area contributed by atoms with Gasteiger partial charge in [-0.3, -0.25) is 20.2 Å². The number of carboxylic acid groups (broad SMARTS) is 1. The molecular weight excluding hydrogens is 228 g/mol. The first-order valence-corrected chi connectivity index (χ1v) is 5.31. The molecule has 0 aromatic rings. The van der Waals surface area contributed by atoms with Gasteiger partial charge in [-0.05, 0) is 12.8 Å². The average molecular weight is 246 g/mol. The second-order valence-corrected chi connectivity index (χ2v) is 3.71. The highest BCUT2D eigenvalue weighted by Crippen LogP contribution is 2.00. The van der Waals surface area contributed by atoms with Crippen molar-refractivity contribution in [3.8, 4) is 0 Å². The van der Waals surface area contributed by atoms with Crippen LogP contribution in [0.1, 0.15) is 20.8 Å². The quantitative estimate of drug-likeness (QED) is 0.607. The van der Waals surface area contributed by atoms with Gasteiger partial charge in [-0.15, -0.1) is 0 Å². The molecule has 0 aliphatic heterocycles. The lowest BCUT2D eigenvalue weighted by Gasteiger charge is -2.17. The van der Waals surface area contributed by atoms with E-state index >= 15 is 0 Å². The number of carbonyl (C=O) groups is 3. The Balaban J connectivity index is 4.05. The van der Waals surface area contributed by atoms with Crippen LogP contribution in [0.5, 0.6) is 0 Å². The van der Waals surface area contributed by atoms with Crippen molar-refractivity contribution >= 4 is 18.0 Å². The Morgan fingerprint density at radius 1 is 1.29 bits per heavy atom. The minimum absolute atomic E-state index is 0.163. The molecule has 0 rings (SSSR count). The second-order valence-electron chi connectivity index (χ2n) is 3.71. The molecule has 3 N–H and O–H groups in total. The van der Waals surface area contributed by atoms with Gasteiger partial charge in [-0.1, -0.05) is 13.8 Å². The number of aliphatic carboxylic acids is 1. The number of amides is 2. The summed E-state index contributed by atoms with van der Waals surface area (Å²) in [6.07, 6.45) is -0.837. The van der Waals surface area contributed by atoms with E-state index in [4.69, 9.17) is 5.11 Å². The summed E-state index contributed by atoms with van der Waals surface area (Å²) >= 11 is 0. The summed E-state index contributed by atoms with van der Waals surface area (Å²) in [6, 6.07) is -0.831. The lowest BCUT2D eigenvalue weighted by Crippen LogP contribution is -2.46. The molecule has 0 spiro atoms. The van der Waals surface area contributed by atoms with Gasteiger partial charge in [-0.25, -0.2) is 4.79 Å². The van der Waals surface area contributed by atoms with Crippen LogP contribution in [0.4, 0.5) is 4.79 Å². The van der Waals surface area contributed by atoms with Crippen LogP contribution in [0.25, 0.3) is 0 Å². The molecule has 0 fully saturated rings. The number of ether oxygens (including phenoxy) is 1. The van der Waals surface area contributed by atoms with E-state index in [2.05, 4.69) is 10.1 Å². The zero-order valence-corrected chi connectivity index (χ0v) is 10.1. The Morgan fingerprint density at radius 3 is 2.29 bits per heavy atom. The molecule has 0 aromatic carbocycles. The molecule has 2 amide bonds. The van der Waals surface area contributed by atoms with Gasteiger partial charge in [0.2, 0.25) is 5.91 Å². The maximum Gasteiger partial charge on any atom is 0.413 e. The second kappa shape index (κ2) is 7.61. The van der Waals surface area contributed by atoms with Gasteiger partial charge in [0.25, 0.3) is 0 Å². The molecule has 7 heteroatoms. The summed E-state index contributed by atoms with van der Waals surface area (Å²) in [5.41, 5.74) is 0. The SMILES string of the molecule is CCOC(=O)NC(=O)CNC(C(=O)O)C(C)C. The third kappa shape index (κ3) is 6.52. The fraction of sp³-hybridized carbons (Fsp3) is 0.700. The summed E-state index contributed by atoms with van der Waals surface area (Å²) in [5, 5.41) is 13.3. The summed E-state index contributed by atoms with van der Waals surface area (Å²) < 4.78 is 4.50. The lowest BCUT2D eigenvalue weighted by atomic mass is 10.1. The molecule has 0 heterocycles. The Hall–Kier alpha value is -1.63. The molecule has 7 nitrogen and oxygen atoms in total. The standard InChI is InChI=1S/C10H18N2O5/c1-4-17-10(16)12-7(13)5-11-8(6(2)3)9(14)15/h6,8,11H,4-5H2,1-3H3,(H,14,15)(H,12,13,16). The molecule has 1 atom stereocenters. The van der Waals surface area contributed by atoms with Gasteiger partial charge in [0.05, 0.1) is 13.2 Å². The molecular formula is C10H18N2O5. The number of nitrogens with one attached hydrogen (secondary N) is 2. The predicted molar refractivity (Wildman–Crippen MR) is 59.4 cm³/mol. The molecule has 98 valence electrons. The smallest absolute Gasteiger partial charge is 0.413 e. The Labute approximate surface area is 99.5 Å². The number of carboxylic acids is 1. The first-order valence-electron chi connectivity index (χ1n) is 5.31. The number of carbonyl (C=O) groups excluding carboxylic acids is 2. The van der Waals surface area contributed by atoms with Crippen LogP contribution in [0.15, 0.2) is 0 Å². The summed E-state index contributed by atoms with van der Waals surface area (Å²) in [4.78, 5) is 32.9. The minimum Gasteiger partial charge on any atom is -0.480 e. The Kier molecular flexibility index (Phi) is 6.88. The average Bonchev–Trinajstić information content (AvgIpc) is 2.16. The van der Waals surface area contributed by atoms with Crippen LogP contribution in [-0.4, -0.2) is 42.3 Å². The van der Waals surface area contributed by atoms with Crippen molar-refractivity contribution in [1.29, 1.82) is 0 Å².